The average molecular weight is 148 g/mol. The summed E-state index contributed by atoms with van der Waals surface area (Å²) in [6, 6.07) is 0. The molecule has 2 nitrogen and oxygen atoms in total. The van der Waals surface area contributed by atoms with Crippen molar-refractivity contribution in [2.75, 3.05) is 6.61 Å². The molecule has 11 heavy (non-hydrogen) atoms. The first kappa shape index (κ1) is 10.8. The molecule has 0 N–H and O–H groups in total. The first-order valence-electron chi connectivity index (χ1n) is 4.12. The molecule has 0 bridgehead atoms. The van der Waals surface area contributed by atoms with Gasteiger partial charge in [0, 0.05) is 6.08 Å². The summed E-state index contributed by atoms with van der Waals surface area (Å²) in [7, 11) is 0. The van der Waals surface area contributed by atoms with E-state index in [1.54, 1.807) is 0 Å². The van der Waals surface area contributed by atoms with Crippen LogP contribution in [0.25, 0.3) is 0 Å². The predicted octanol–water partition coefficient (Wildman–Crippen LogP) is 1.47. The first-order valence-corrected chi connectivity index (χ1v) is 4.12. The Kier molecular flexibility index (Phi) is 7.77. The minimum absolute atomic E-state index is 0.0509. The molecule has 58 valence electrons. The van der Waals surface area contributed by atoms with Crippen molar-refractivity contribution in [1.82, 2.24) is 0 Å². The van der Waals surface area contributed by atoms with Gasteiger partial charge in [-0.15, -0.1) is 0 Å². The maximum atomic E-state index is 10.0. The van der Waals surface area contributed by atoms with Crippen molar-refractivity contribution in [3.63, 3.8) is 0 Å². The third-order valence-corrected chi connectivity index (χ3v) is 1.28. The van der Waals surface area contributed by atoms with Gasteiger partial charge in [-0.25, -0.2) is 0 Å². The van der Waals surface area contributed by atoms with E-state index in [4.69, 9.17) is 0 Å². The topological polar surface area (TPSA) is 26.3 Å². The van der Waals surface area contributed by atoms with Crippen LogP contribution < -0.4 is 0 Å². The Labute approximate surface area is 77.2 Å². The van der Waals surface area contributed by atoms with E-state index in [9.17, 15) is 4.79 Å². The summed E-state index contributed by atoms with van der Waals surface area (Å²) in [5, 5.41) is 1.34. The summed E-state index contributed by atoms with van der Waals surface area (Å²) in [6.07, 6.45) is 5.55. The van der Waals surface area contributed by atoms with Crippen molar-refractivity contribution >= 4 is 23.5 Å². The van der Waals surface area contributed by atoms with Gasteiger partial charge in [-0.3, -0.25) is 4.79 Å². The molecule has 3 heteroatoms. The zero-order chi connectivity index (χ0) is 8.53. The number of ether oxygens (including phenoxy) is 1. The molecule has 1 aliphatic heterocycles. The molecule has 1 aliphatic rings. The first-order chi connectivity index (χ1) is 5.31. The summed E-state index contributed by atoms with van der Waals surface area (Å²) in [6.45, 7) is 2.45. The van der Waals surface area contributed by atoms with Crippen LogP contribution >= 0.6 is 0 Å². The van der Waals surface area contributed by atoms with Gasteiger partial charge >= 0.3 is 42.6 Å². The molecule has 0 aromatic heterocycles. The molecule has 0 amide bonds. The summed E-state index contributed by atoms with van der Waals surface area (Å²) in [4.78, 5) is 10.0. The van der Waals surface area contributed by atoms with Crippen LogP contribution in [-0.4, -0.2) is 30.1 Å². The van der Waals surface area contributed by atoms with Crippen molar-refractivity contribution < 1.29 is 9.53 Å². The second-order valence-electron chi connectivity index (χ2n) is 2.43. The normalized spacial score (nSPS) is 13.9. The molecule has 0 saturated carbocycles. The fourth-order valence-electron chi connectivity index (χ4n) is 0.656. The van der Waals surface area contributed by atoms with E-state index < -0.39 is 0 Å². The Balaban J connectivity index is 0.000000187. The maximum absolute atomic E-state index is 10.0. The average Bonchev–Trinajstić information content (AvgIpc) is 2.43. The van der Waals surface area contributed by atoms with Crippen molar-refractivity contribution in [3.05, 3.63) is 12.3 Å². The molecule has 0 saturated heterocycles. The van der Waals surface area contributed by atoms with Crippen LogP contribution in [0.3, 0.4) is 0 Å². The second-order valence-corrected chi connectivity index (χ2v) is 2.43. The Hall–Kier alpha value is -0.193. The number of unbranched alkanes of at least 4 members (excludes halogenated alkanes) is 1. The van der Waals surface area contributed by atoms with Crippen LogP contribution in [-0.2, 0) is 9.53 Å². The molecule has 0 atom stereocenters. The summed E-state index contributed by atoms with van der Waals surface area (Å²) in [5.74, 6) is 0.0509. The zero-order valence-corrected chi connectivity index (χ0v) is 7.30. The standard InChI is InChI=1S/C4H4O2.C4H9.Li/c5-4-1-2-6-3-4;1-3-4-2;/h1-2H,3H2;1,3-4H2,2H3;. The van der Waals surface area contributed by atoms with Crippen LogP contribution in [0.1, 0.15) is 19.8 Å². The van der Waals surface area contributed by atoms with Gasteiger partial charge in [0.1, 0.15) is 6.61 Å². The van der Waals surface area contributed by atoms with Gasteiger partial charge in [0.2, 0.25) is 0 Å². The molecule has 0 aromatic rings. The van der Waals surface area contributed by atoms with E-state index in [1.807, 2.05) is 0 Å². The van der Waals surface area contributed by atoms with E-state index in [0.29, 0.717) is 0 Å². The molecule has 0 fully saturated rings. The third kappa shape index (κ3) is 7.71. The van der Waals surface area contributed by atoms with Gasteiger partial charge in [0.05, 0.1) is 6.26 Å². The third-order valence-electron chi connectivity index (χ3n) is 1.28. The Morgan fingerprint density at radius 3 is 2.55 bits per heavy atom. The van der Waals surface area contributed by atoms with Gasteiger partial charge in [-0.1, -0.05) is 0 Å². The molecule has 0 unspecified atom stereocenters. The zero-order valence-electron chi connectivity index (χ0n) is 7.30. The molecule has 0 spiro atoms. The summed E-state index contributed by atoms with van der Waals surface area (Å²) < 4.78 is 4.53. The van der Waals surface area contributed by atoms with Crippen LogP contribution in [0, 0.1) is 0 Å². The molecular formula is C8H13LiO2. The van der Waals surface area contributed by atoms with Crippen LogP contribution in [0.4, 0.5) is 0 Å². The van der Waals surface area contributed by atoms with Crippen LogP contribution in [0.5, 0.6) is 0 Å². The Morgan fingerprint density at radius 1 is 1.73 bits per heavy atom. The Bertz CT molecular complexity index is 130. The Morgan fingerprint density at radius 2 is 2.45 bits per heavy atom. The van der Waals surface area contributed by atoms with Crippen molar-refractivity contribution in [3.8, 4) is 0 Å². The molecule has 1 rings (SSSR count). The number of rotatable bonds is 2. The molecule has 0 aromatic carbocycles. The van der Waals surface area contributed by atoms with Gasteiger partial charge in [0.25, 0.3) is 0 Å². The fourth-order valence-corrected chi connectivity index (χ4v) is 0.656. The molecule has 0 radical (unpaired) electrons. The second kappa shape index (κ2) is 7.91. The van der Waals surface area contributed by atoms with Crippen molar-refractivity contribution in [2.24, 2.45) is 0 Å². The summed E-state index contributed by atoms with van der Waals surface area (Å²) in [5.41, 5.74) is 0. The van der Waals surface area contributed by atoms with Gasteiger partial charge in [-0.2, -0.15) is 0 Å². The van der Waals surface area contributed by atoms with Crippen LogP contribution in [0.15, 0.2) is 12.3 Å². The van der Waals surface area contributed by atoms with Gasteiger partial charge in [-0.05, 0) is 0 Å². The van der Waals surface area contributed by atoms with Gasteiger partial charge in [0.15, 0.2) is 5.78 Å². The minimum atomic E-state index is 0.0509. The van der Waals surface area contributed by atoms with Crippen molar-refractivity contribution in [2.45, 2.75) is 24.9 Å². The molecule has 1 heterocycles. The van der Waals surface area contributed by atoms with E-state index in [0.717, 1.165) is 0 Å². The van der Waals surface area contributed by atoms with E-state index in [1.165, 1.54) is 30.3 Å². The fraction of sp³-hybridized carbons (Fsp3) is 0.625. The van der Waals surface area contributed by atoms with E-state index in [2.05, 4.69) is 29.4 Å². The summed E-state index contributed by atoms with van der Waals surface area (Å²) >= 11 is 2.21. The van der Waals surface area contributed by atoms with Gasteiger partial charge < -0.3 is 4.74 Å². The van der Waals surface area contributed by atoms with E-state index >= 15 is 0 Å². The number of hydrogen-bond donors (Lipinski definition) is 0. The SMILES string of the molecule is O=C1C=COC1.[Li][CH2]CCC. The molecule has 0 aliphatic carbocycles. The number of carbonyl (C=O) groups is 1. The molecular weight excluding hydrogens is 135 g/mol. The van der Waals surface area contributed by atoms with E-state index in [-0.39, 0.29) is 12.4 Å². The predicted molar refractivity (Wildman–Crippen MR) is 45.6 cm³/mol. The number of ketones is 1. The monoisotopic (exact) mass is 148 g/mol. The quantitative estimate of drug-likeness (QED) is 0.554. The number of carbonyl (C=O) groups excluding carboxylic acids is 1. The van der Waals surface area contributed by atoms with Crippen LogP contribution in [0.2, 0.25) is 5.09 Å². The van der Waals surface area contributed by atoms with Crippen molar-refractivity contribution in [1.29, 1.82) is 0 Å². The number of hydrogen-bond acceptors (Lipinski definition) is 2.